The van der Waals surface area contributed by atoms with Gasteiger partial charge in [0, 0.05) is 6.54 Å². The van der Waals surface area contributed by atoms with Crippen LogP contribution in [0.4, 0.5) is 0 Å². The molecule has 2 N–H and O–H groups in total. The molecule has 1 rings (SSSR count). The van der Waals surface area contributed by atoms with Crippen molar-refractivity contribution >= 4 is 16.0 Å². The number of sulfonamides is 1. The Morgan fingerprint density at radius 3 is 2.45 bits per heavy atom. The normalized spacial score (nSPS) is 11.1. The number of carboxylic acids is 1. The van der Waals surface area contributed by atoms with Crippen molar-refractivity contribution < 1.29 is 23.1 Å². The summed E-state index contributed by atoms with van der Waals surface area (Å²) in [6.45, 7) is 5.42. The van der Waals surface area contributed by atoms with Crippen LogP contribution in [-0.4, -0.2) is 32.6 Å². The maximum atomic E-state index is 11.8. The zero-order valence-electron chi connectivity index (χ0n) is 11.1. The lowest BCUT2D eigenvalue weighted by atomic mass is 10.3. The highest BCUT2D eigenvalue weighted by Gasteiger charge is 2.13. The van der Waals surface area contributed by atoms with E-state index in [1.54, 1.807) is 0 Å². The van der Waals surface area contributed by atoms with Crippen molar-refractivity contribution in [3.05, 3.63) is 36.4 Å². The van der Waals surface area contributed by atoms with Crippen molar-refractivity contribution in [3.8, 4) is 5.75 Å². The smallest absolute Gasteiger partial charge is 0.334 e. The SMILES string of the molecule is C=C(COc1ccc(S(=O)(=O)NCCC)cc1)C(=O)O. The summed E-state index contributed by atoms with van der Waals surface area (Å²) in [5.74, 6) is -0.755. The van der Waals surface area contributed by atoms with Gasteiger partial charge in [-0.15, -0.1) is 0 Å². The number of carboxylic acid groups (broad SMARTS) is 1. The van der Waals surface area contributed by atoms with E-state index in [9.17, 15) is 13.2 Å². The minimum Gasteiger partial charge on any atom is -0.489 e. The average molecular weight is 299 g/mol. The van der Waals surface area contributed by atoms with Gasteiger partial charge < -0.3 is 9.84 Å². The Bertz CT molecular complexity index is 577. The second kappa shape index (κ2) is 7.06. The van der Waals surface area contributed by atoms with Crippen LogP contribution in [0.3, 0.4) is 0 Å². The molecule has 0 amide bonds. The van der Waals surface area contributed by atoms with Gasteiger partial charge in [-0.05, 0) is 30.7 Å². The Kier molecular flexibility index (Phi) is 5.72. The number of benzene rings is 1. The van der Waals surface area contributed by atoms with Crippen molar-refractivity contribution in [2.45, 2.75) is 18.2 Å². The predicted molar refractivity (Wildman–Crippen MR) is 74.2 cm³/mol. The van der Waals surface area contributed by atoms with E-state index in [0.29, 0.717) is 18.7 Å². The molecule has 1 aromatic rings. The summed E-state index contributed by atoms with van der Waals surface area (Å²) in [6.07, 6.45) is 0.706. The van der Waals surface area contributed by atoms with E-state index < -0.39 is 16.0 Å². The highest BCUT2D eigenvalue weighted by Crippen LogP contribution is 2.16. The zero-order chi connectivity index (χ0) is 15.2. The number of nitrogens with one attached hydrogen (secondary N) is 1. The first-order chi connectivity index (χ1) is 9.36. The van der Waals surface area contributed by atoms with Crippen molar-refractivity contribution in [2.24, 2.45) is 0 Å². The van der Waals surface area contributed by atoms with Crippen LogP contribution in [0.15, 0.2) is 41.3 Å². The van der Waals surface area contributed by atoms with Gasteiger partial charge in [0.15, 0.2) is 0 Å². The summed E-state index contributed by atoms with van der Waals surface area (Å²) >= 11 is 0. The third-order valence-electron chi connectivity index (χ3n) is 2.39. The van der Waals surface area contributed by atoms with E-state index in [0.717, 1.165) is 0 Å². The van der Waals surface area contributed by atoms with Crippen LogP contribution in [0.2, 0.25) is 0 Å². The fourth-order valence-corrected chi connectivity index (χ4v) is 2.40. The largest absolute Gasteiger partial charge is 0.489 e. The van der Waals surface area contributed by atoms with Crippen LogP contribution < -0.4 is 9.46 Å². The molecule has 7 heteroatoms. The molecule has 0 saturated carbocycles. The van der Waals surface area contributed by atoms with Crippen molar-refractivity contribution in [3.63, 3.8) is 0 Å². The van der Waals surface area contributed by atoms with Gasteiger partial charge in [-0.2, -0.15) is 0 Å². The summed E-state index contributed by atoms with van der Waals surface area (Å²) in [4.78, 5) is 10.7. The molecule has 0 aromatic heterocycles. The Hall–Kier alpha value is -1.86. The zero-order valence-corrected chi connectivity index (χ0v) is 11.9. The Balaban J connectivity index is 2.69. The van der Waals surface area contributed by atoms with Gasteiger partial charge in [0.1, 0.15) is 12.4 Å². The van der Waals surface area contributed by atoms with E-state index in [1.165, 1.54) is 24.3 Å². The van der Waals surface area contributed by atoms with Gasteiger partial charge in [-0.25, -0.2) is 17.9 Å². The van der Waals surface area contributed by atoms with E-state index in [2.05, 4.69) is 11.3 Å². The first kappa shape index (κ1) is 16.2. The number of ether oxygens (including phenoxy) is 1. The summed E-state index contributed by atoms with van der Waals surface area (Å²) in [6, 6.07) is 5.74. The molecule has 0 radical (unpaired) electrons. The lowest BCUT2D eigenvalue weighted by molar-refractivity contribution is -0.133. The molecule has 0 aliphatic heterocycles. The third-order valence-corrected chi connectivity index (χ3v) is 3.87. The van der Waals surface area contributed by atoms with Gasteiger partial charge in [-0.3, -0.25) is 0 Å². The van der Waals surface area contributed by atoms with Crippen LogP contribution in [0.25, 0.3) is 0 Å². The fraction of sp³-hybridized carbons (Fsp3) is 0.308. The second-order valence-corrected chi connectivity index (χ2v) is 5.83. The average Bonchev–Trinajstić information content (AvgIpc) is 2.43. The molecule has 0 bridgehead atoms. The third kappa shape index (κ3) is 4.67. The Labute approximate surface area is 118 Å². The van der Waals surface area contributed by atoms with Gasteiger partial charge in [0.25, 0.3) is 0 Å². The van der Waals surface area contributed by atoms with Crippen molar-refractivity contribution in [2.75, 3.05) is 13.2 Å². The van der Waals surface area contributed by atoms with Crippen LogP contribution in [-0.2, 0) is 14.8 Å². The molecule has 110 valence electrons. The predicted octanol–water partition coefficient (Wildman–Crippen LogP) is 1.39. The second-order valence-electron chi connectivity index (χ2n) is 4.07. The standard InChI is InChI=1S/C13H17NO5S/c1-3-8-14-20(17,18)12-6-4-11(5-7-12)19-9-10(2)13(15)16/h4-7,14H,2-3,8-9H2,1H3,(H,15,16). The van der Waals surface area contributed by atoms with E-state index >= 15 is 0 Å². The van der Waals surface area contributed by atoms with Crippen LogP contribution in [0.1, 0.15) is 13.3 Å². The van der Waals surface area contributed by atoms with Gasteiger partial charge in [-0.1, -0.05) is 13.5 Å². The van der Waals surface area contributed by atoms with Crippen LogP contribution in [0, 0.1) is 0 Å². The first-order valence-electron chi connectivity index (χ1n) is 6.00. The Morgan fingerprint density at radius 1 is 1.35 bits per heavy atom. The molecular weight excluding hydrogens is 282 g/mol. The molecule has 0 heterocycles. The van der Waals surface area contributed by atoms with Crippen molar-refractivity contribution in [1.82, 2.24) is 4.72 Å². The van der Waals surface area contributed by atoms with Gasteiger partial charge in [0.2, 0.25) is 10.0 Å². The molecule has 20 heavy (non-hydrogen) atoms. The molecule has 0 aliphatic carbocycles. The summed E-state index contributed by atoms with van der Waals surface area (Å²) < 4.78 is 31.3. The Morgan fingerprint density at radius 2 is 1.95 bits per heavy atom. The minimum atomic E-state index is -3.50. The number of hydrogen-bond donors (Lipinski definition) is 2. The molecule has 0 spiro atoms. The number of rotatable bonds is 8. The summed E-state index contributed by atoms with van der Waals surface area (Å²) in [7, 11) is -3.50. The lowest BCUT2D eigenvalue weighted by Crippen LogP contribution is -2.24. The fourth-order valence-electron chi connectivity index (χ4n) is 1.27. The molecule has 0 atom stereocenters. The van der Waals surface area contributed by atoms with E-state index in [-0.39, 0.29) is 17.1 Å². The van der Waals surface area contributed by atoms with Crippen LogP contribution >= 0.6 is 0 Å². The summed E-state index contributed by atoms with van der Waals surface area (Å²) in [5, 5.41) is 8.63. The quantitative estimate of drug-likeness (QED) is 0.708. The molecule has 0 aliphatic rings. The lowest BCUT2D eigenvalue weighted by Gasteiger charge is -2.08. The van der Waals surface area contributed by atoms with Gasteiger partial charge >= 0.3 is 5.97 Å². The molecule has 0 unspecified atom stereocenters. The van der Waals surface area contributed by atoms with Crippen LogP contribution in [0.5, 0.6) is 5.75 Å². The molecule has 0 saturated heterocycles. The number of aliphatic carboxylic acids is 1. The highest BCUT2D eigenvalue weighted by molar-refractivity contribution is 7.89. The minimum absolute atomic E-state index is 0.0775. The summed E-state index contributed by atoms with van der Waals surface area (Å²) in [5.41, 5.74) is -0.0775. The number of hydrogen-bond acceptors (Lipinski definition) is 4. The monoisotopic (exact) mass is 299 g/mol. The molecule has 6 nitrogen and oxygen atoms in total. The first-order valence-corrected chi connectivity index (χ1v) is 7.48. The number of carbonyl (C=O) groups is 1. The van der Waals surface area contributed by atoms with Gasteiger partial charge in [0.05, 0.1) is 10.5 Å². The van der Waals surface area contributed by atoms with Crippen molar-refractivity contribution in [1.29, 1.82) is 0 Å². The maximum Gasteiger partial charge on any atom is 0.334 e. The molecular formula is C13H17NO5S. The maximum absolute atomic E-state index is 11.8. The molecule has 1 aromatic carbocycles. The topological polar surface area (TPSA) is 92.7 Å². The molecule has 0 fully saturated rings. The van der Waals surface area contributed by atoms with E-state index in [1.807, 2.05) is 6.92 Å². The highest BCUT2D eigenvalue weighted by atomic mass is 32.2. The van der Waals surface area contributed by atoms with E-state index in [4.69, 9.17) is 9.84 Å².